The lowest BCUT2D eigenvalue weighted by molar-refractivity contribution is -0.385. The number of nitrogens with zero attached hydrogens (tertiary/aromatic N) is 1. The van der Waals surface area contributed by atoms with Gasteiger partial charge in [-0.3, -0.25) is 10.1 Å². The molecule has 100 valence electrons. The Bertz CT molecular complexity index is 427. The number of alkyl halides is 1. The van der Waals surface area contributed by atoms with Gasteiger partial charge in [0.05, 0.1) is 4.92 Å². The third kappa shape index (κ3) is 3.95. The number of halogens is 2. The molecule has 0 spiro atoms. The topological polar surface area (TPSA) is 43.1 Å². The van der Waals surface area contributed by atoms with Crippen LogP contribution < -0.4 is 0 Å². The van der Waals surface area contributed by atoms with Gasteiger partial charge in [0.1, 0.15) is 0 Å². The summed E-state index contributed by atoms with van der Waals surface area (Å²) < 4.78 is 0. The van der Waals surface area contributed by atoms with Crippen molar-refractivity contribution in [3.8, 4) is 0 Å². The van der Waals surface area contributed by atoms with Gasteiger partial charge in [0, 0.05) is 21.5 Å². The molecule has 0 aromatic heterocycles. The van der Waals surface area contributed by atoms with E-state index in [-0.39, 0.29) is 10.6 Å². The van der Waals surface area contributed by atoms with Gasteiger partial charge in [-0.1, -0.05) is 48.3 Å². The molecule has 0 saturated heterocycles. The molecule has 0 fully saturated rings. The Morgan fingerprint density at radius 2 is 2.00 bits per heavy atom. The lowest BCUT2D eigenvalue weighted by Gasteiger charge is -2.23. The molecule has 0 aliphatic heterocycles. The third-order valence-corrected chi connectivity index (χ3v) is 4.05. The minimum Gasteiger partial charge on any atom is -0.258 e. The van der Waals surface area contributed by atoms with E-state index < -0.39 is 0 Å². The summed E-state index contributed by atoms with van der Waals surface area (Å²) in [5.41, 5.74) is 0.857. The van der Waals surface area contributed by atoms with E-state index in [1.165, 1.54) is 6.07 Å². The van der Waals surface area contributed by atoms with Gasteiger partial charge in [-0.25, -0.2) is 0 Å². The Hall–Kier alpha value is -0.610. The predicted molar refractivity (Wildman–Crippen MR) is 78.5 cm³/mol. The largest absolute Gasteiger partial charge is 0.272 e. The van der Waals surface area contributed by atoms with Crippen LogP contribution in [0.15, 0.2) is 18.2 Å². The van der Waals surface area contributed by atoms with E-state index in [0.717, 1.165) is 0 Å². The molecule has 1 rings (SSSR count). The van der Waals surface area contributed by atoms with Gasteiger partial charge in [-0.15, -0.1) is 0 Å². The Labute approximate surface area is 121 Å². The van der Waals surface area contributed by atoms with Crippen LogP contribution in [0.25, 0.3) is 0 Å². The Morgan fingerprint density at radius 1 is 1.39 bits per heavy atom. The average molecular weight is 335 g/mol. The van der Waals surface area contributed by atoms with Crippen LogP contribution in [0.3, 0.4) is 0 Å². The van der Waals surface area contributed by atoms with Crippen LogP contribution in [-0.4, -0.2) is 9.75 Å². The minimum absolute atomic E-state index is 0.151. The Kier molecular flexibility index (Phi) is 5.60. The van der Waals surface area contributed by atoms with E-state index in [0.29, 0.717) is 33.7 Å². The zero-order chi connectivity index (χ0) is 13.9. The second kappa shape index (κ2) is 6.53. The first kappa shape index (κ1) is 15.4. The van der Waals surface area contributed by atoms with Gasteiger partial charge in [0.2, 0.25) is 0 Å². The average Bonchev–Trinajstić information content (AvgIpc) is 2.24. The van der Waals surface area contributed by atoms with Crippen LogP contribution in [0.2, 0.25) is 5.02 Å². The molecule has 3 nitrogen and oxygen atoms in total. The number of nitro groups is 1. The minimum atomic E-state index is -0.345. The molecule has 0 aliphatic rings. The number of rotatable bonds is 5. The highest BCUT2D eigenvalue weighted by Crippen LogP contribution is 2.31. The van der Waals surface area contributed by atoms with Crippen molar-refractivity contribution in [3.05, 3.63) is 38.9 Å². The molecule has 2 atom stereocenters. The number of nitro benzene ring substituents is 1. The molecular weight excluding hydrogens is 318 g/mol. The van der Waals surface area contributed by atoms with Gasteiger partial charge >= 0.3 is 0 Å². The Morgan fingerprint density at radius 3 is 2.44 bits per heavy atom. The fourth-order valence-corrected chi connectivity index (χ4v) is 3.07. The molecule has 0 aliphatic carbocycles. The summed E-state index contributed by atoms with van der Waals surface area (Å²) in [6.07, 6.45) is 0.654. The van der Waals surface area contributed by atoms with Gasteiger partial charge in [-0.2, -0.15) is 0 Å². The maximum absolute atomic E-state index is 11.0. The highest BCUT2D eigenvalue weighted by molar-refractivity contribution is 9.09. The molecule has 0 saturated carbocycles. The van der Waals surface area contributed by atoms with E-state index in [1.54, 1.807) is 12.1 Å². The summed E-state index contributed by atoms with van der Waals surface area (Å²) in [5.74, 6) is 0.778. The standard InChI is InChI=1S/C13H17BrClNO2/c1-8(2)12(9(3)14)7-10-6-11(15)4-5-13(10)16(17)18/h4-6,8-9,12H,7H2,1-3H3. The number of hydrogen-bond acceptors (Lipinski definition) is 2. The fraction of sp³-hybridized carbons (Fsp3) is 0.538. The molecule has 1 aromatic rings. The molecule has 2 unspecified atom stereocenters. The quantitative estimate of drug-likeness (QED) is 0.439. The van der Waals surface area contributed by atoms with Crippen LogP contribution in [0.5, 0.6) is 0 Å². The summed E-state index contributed by atoms with van der Waals surface area (Å²) in [6.45, 7) is 6.32. The molecule has 0 bridgehead atoms. The summed E-state index contributed by atoms with van der Waals surface area (Å²) in [6, 6.07) is 4.74. The van der Waals surface area contributed by atoms with Crippen molar-refractivity contribution < 1.29 is 4.92 Å². The zero-order valence-corrected chi connectivity index (χ0v) is 13.0. The molecule has 0 radical (unpaired) electrons. The summed E-state index contributed by atoms with van der Waals surface area (Å²) in [7, 11) is 0. The van der Waals surface area contributed by atoms with Crippen molar-refractivity contribution in [2.75, 3.05) is 0 Å². The number of hydrogen-bond donors (Lipinski definition) is 0. The van der Waals surface area contributed by atoms with Gasteiger partial charge in [-0.05, 0) is 30.4 Å². The van der Waals surface area contributed by atoms with Gasteiger partial charge in [0.25, 0.3) is 5.69 Å². The lowest BCUT2D eigenvalue weighted by atomic mass is 9.86. The van der Waals surface area contributed by atoms with Crippen molar-refractivity contribution in [3.63, 3.8) is 0 Å². The van der Waals surface area contributed by atoms with Crippen molar-refractivity contribution in [2.24, 2.45) is 11.8 Å². The van der Waals surface area contributed by atoms with E-state index >= 15 is 0 Å². The molecule has 5 heteroatoms. The Balaban J connectivity index is 3.08. The van der Waals surface area contributed by atoms with Crippen molar-refractivity contribution in [2.45, 2.75) is 32.0 Å². The smallest absolute Gasteiger partial charge is 0.258 e. The van der Waals surface area contributed by atoms with Crippen LogP contribution in [0, 0.1) is 22.0 Å². The zero-order valence-electron chi connectivity index (χ0n) is 10.7. The maximum Gasteiger partial charge on any atom is 0.272 e. The molecule has 1 aromatic carbocycles. The molecule has 18 heavy (non-hydrogen) atoms. The second-order valence-electron chi connectivity index (χ2n) is 4.82. The first-order valence-corrected chi connectivity index (χ1v) is 7.19. The normalized spacial score (nSPS) is 14.6. The molecule has 0 amide bonds. The number of benzene rings is 1. The van der Waals surface area contributed by atoms with Gasteiger partial charge < -0.3 is 0 Å². The van der Waals surface area contributed by atoms with E-state index in [9.17, 15) is 10.1 Å². The van der Waals surface area contributed by atoms with Crippen LogP contribution >= 0.6 is 27.5 Å². The fourth-order valence-electron chi connectivity index (χ4n) is 2.08. The highest BCUT2D eigenvalue weighted by atomic mass is 79.9. The van der Waals surface area contributed by atoms with Crippen LogP contribution in [-0.2, 0) is 6.42 Å². The monoisotopic (exact) mass is 333 g/mol. The summed E-state index contributed by atoms with van der Waals surface area (Å²) in [4.78, 5) is 11.0. The predicted octanol–water partition coefficient (Wildman–Crippen LogP) is 4.85. The first-order valence-electron chi connectivity index (χ1n) is 5.89. The molecule has 0 N–H and O–H groups in total. The third-order valence-electron chi connectivity index (χ3n) is 3.14. The van der Waals surface area contributed by atoms with Crippen molar-refractivity contribution in [1.82, 2.24) is 0 Å². The van der Waals surface area contributed by atoms with Crippen molar-refractivity contribution >= 4 is 33.2 Å². The summed E-state index contributed by atoms with van der Waals surface area (Å²) in [5, 5.41) is 11.5. The second-order valence-corrected chi connectivity index (χ2v) is 6.70. The maximum atomic E-state index is 11.0. The lowest BCUT2D eigenvalue weighted by Crippen LogP contribution is -2.20. The molecule has 0 heterocycles. The van der Waals surface area contributed by atoms with Gasteiger partial charge in [0.15, 0.2) is 0 Å². The summed E-state index contributed by atoms with van der Waals surface area (Å²) >= 11 is 9.51. The highest BCUT2D eigenvalue weighted by Gasteiger charge is 2.23. The van der Waals surface area contributed by atoms with Crippen molar-refractivity contribution in [1.29, 1.82) is 0 Å². The SMILES string of the molecule is CC(C)C(Cc1cc(Cl)ccc1[N+](=O)[O-])C(C)Br. The van der Waals surface area contributed by atoms with E-state index in [1.807, 2.05) is 0 Å². The van der Waals surface area contributed by atoms with E-state index in [4.69, 9.17) is 11.6 Å². The van der Waals surface area contributed by atoms with E-state index in [2.05, 4.69) is 36.7 Å². The van der Waals surface area contributed by atoms with Crippen LogP contribution in [0.4, 0.5) is 5.69 Å². The molecular formula is C13H17BrClNO2. The first-order chi connectivity index (χ1) is 8.32. The van der Waals surface area contributed by atoms with Crippen LogP contribution in [0.1, 0.15) is 26.3 Å².